The van der Waals surface area contributed by atoms with Gasteiger partial charge in [0.2, 0.25) is 5.89 Å². The molecule has 0 amide bonds. The maximum Gasteiger partial charge on any atom is 0.228 e. The molecule has 0 saturated heterocycles. The third-order valence-corrected chi connectivity index (χ3v) is 8.48. The quantitative estimate of drug-likeness (QED) is 0.204. The molecule has 0 saturated carbocycles. The fourth-order valence-corrected chi connectivity index (χ4v) is 6.39. The third-order valence-electron chi connectivity index (χ3n) is 8.48. The van der Waals surface area contributed by atoms with Crippen molar-refractivity contribution in [3.8, 4) is 22.6 Å². The highest BCUT2D eigenvalue weighted by Gasteiger charge is 2.21. The van der Waals surface area contributed by atoms with Crippen LogP contribution in [0.5, 0.6) is 0 Å². The number of benzene rings is 7. The fraction of sp³-hybridized carbons (Fsp3) is 0. The molecule has 7 aromatic carbocycles. The number of furan rings is 1. The molecule has 9 rings (SSSR count). The van der Waals surface area contributed by atoms with Crippen molar-refractivity contribution in [3.63, 3.8) is 0 Å². The molecular weight excluding hydrogens is 552 g/mol. The maximum absolute atomic E-state index is 6.54. The van der Waals surface area contributed by atoms with Gasteiger partial charge in [0.15, 0.2) is 5.58 Å². The van der Waals surface area contributed by atoms with E-state index in [1.54, 1.807) is 0 Å². The Hall–Kier alpha value is -6.13. The molecule has 4 heteroatoms. The molecule has 0 aliphatic rings. The van der Waals surface area contributed by atoms with Gasteiger partial charge >= 0.3 is 0 Å². The Kier molecular flexibility index (Phi) is 5.78. The van der Waals surface area contributed by atoms with E-state index < -0.39 is 0 Å². The van der Waals surface area contributed by atoms with Gasteiger partial charge in [0.1, 0.15) is 16.7 Å². The number of hydrogen-bond donors (Lipinski definition) is 0. The third kappa shape index (κ3) is 4.27. The molecule has 0 unspecified atom stereocenters. The molecule has 0 radical (unpaired) electrons. The number of hydrogen-bond acceptors (Lipinski definition) is 4. The van der Waals surface area contributed by atoms with E-state index in [1.807, 2.05) is 42.5 Å². The van der Waals surface area contributed by atoms with Gasteiger partial charge < -0.3 is 13.7 Å². The van der Waals surface area contributed by atoms with E-state index in [2.05, 4.69) is 120 Å². The molecule has 0 atom stereocenters. The minimum absolute atomic E-state index is 0.586. The summed E-state index contributed by atoms with van der Waals surface area (Å²) < 4.78 is 12.7. The normalized spacial score (nSPS) is 11.6. The van der Waals surface area contributed by atoms with E-state index in [1.165, 1.54) is 10.8 Å². The lowest BCUT2D eigenvalue weighted by Gasteiger charge is -2.28. The van der Waals surface area contributed by atoms with E-state index >= 15 is 0 Å². The molecule has 0 spiro atoms. The average Bonchev–Trinajstić information content (AvgIpc) is 3.70. The monoisotopic (exact) mass is 578 g/mol. The summed E-state index contributed by atoms with van der Waals surface area (Å²) in [4.78, 5) is 7.11. The number of rotatable bonds is 5. The lowest BCUT2D eigenvalue weighted by Crippen LogP contribution is -2.11. The zero-order valence-corrected chi connectivity index (χ0v) is 24.2. The zero-order chi connectivity index (χ0) is 29.7. The summed E-state index contributed by atoms with van der Waals surface area (Å²) in [6, 6.07) is 54.6. The van der Waals surface area contributed by atoms with Crippen molar-refractivity contribution in [2.24, 2.45) is 0 Å². The molecule has 45 heavy (non-hydrogen) atoms. The second-order valence-corrected chi connectivity index (χ2v) is 11.2. The molecule has 0 aliphatic carbocycles. The van der Waals surface area contributed by atoms with Crippen LogP contribution in [-0.4, -0.2) is 4.98 Å². The standard InChI is InChI=1S/C41H26N2O2/c1-2-12-28(13-3-1)32-15-6-8-18-36(32)43(30-22-21-27-11-4-5-14-29(27)25-30)31-23-24-33-39(26-31)44-38-20-10-16-34(40(33)38)41-42-35-17-7-9-19-37(35)45-41/h1-26H. The lowest BCUT2D eigenvalue weighted by molar-refractivity contribution is 0.620. The van der Waals surface area contributed by atoms with Crippen LogP contribution in [0.4, 0.5) is 17.1 Å². The lowest BCUT2D eigenvalue weighted by atomic mass is 10.0. The van der Waals surface area contributed by atoms with E-state index in [9.17, 15) is 0 Å². The SMILES string of the molecule is c1ccc(-c2ccccc2N(c2ccc3ccccc3c2)c2ccc3c(c2)oc2cccc(-c4nc5ccccc5o4)c23)cc1. The minimum Gasteiger partial charge on any atom is -0.456 e. The number of aromatic nitrogens is 1. The van der Waals surface area contributed by atoms with Crippen molar-refractivity contribution < 1.29 is 8.83 Å². The van der Waals surface area contributed by atoms with Crippen LogP contribution in [0.2, 0.25) is 0 Å². The van der Waals surface area contributed by atoms with Crippen LogP contribution in [0, 0.1) is 0 Å². The first-order valence-corrected chi connectivity index (χ1v) is 15.0. The predicted octanol–water partition coefficient (Wildman–Crippen LogP) is 11.7. The van der Waals surface area contributed by atoms with Gasteiger partial charge in [0, 0.05) is 39.3 Å². The molecule has 2 aromatic heterocycles. The summed E-state index contributed by atoms with van der Waals surface area (Å²) in [6.07, 6.45) is 0. The van der Waals surface area contributed by atoms with Crippen molar-refractivity contribution in [1.29, 1.82) is 0 Å². The number of nitrogens with zero attached hydrogens (tertiary/aromatic N) is 2. The molecule has 212 valence electrons. The summed E-state index contributed by atoms with van der Waals surface area (Å²) in [7, 11) is 0. The number of para-hydroxylation sites is 3. The molecule has 0 aliphatic heterocycles. The average molecular weight is 579 g/mol. The van der Waals surface area contributed by atoms with Crippen LogP contribution in [0.15, 0.2) is 167 Å². The molecule has 0 fully saturated rings. The van der Waals surface area contributed by atoms with Crippen molar-refractivity contribution in [1.82, 2.24) is 4.98 Å². The highest BCUT2D eigenvalue weighted by molar-refractivity contribution is 6.12. The molecule has 0 bridgehead atoms. The van der Waals surface area contributed by atoms with Crippen molar-refractivity contribution in [2.75, 3.05) is 4.90 Å². The fourth-order valence-electron chi connectivity index (χ4n) is 6.39. The van der Waals surface area contributed by atoms with Gasteiger partial charge in [0.05, 0.1) is 5.69 Å². The Morgan fingerprint density at radius 3 is 2.09 bits per heavy atom. The van der Waals surface area contributed by atoms with E-state index in [4.69, 9.17) is 13.8 Å². The molecule has 4 nitrogen and oxygen atoms in total. The number of fused-ring (bicyclic) bond motifs is 5. The second-order valence-electron chi connectivity index (χ2n) is 11.2. The van der Waals surface area contributed by atoms with Gasteiger partial charge in [0.25, 0.3) is 0 Å². The van der Waals surface area contributed by atoms with E-state index in [0.717, 1.165) is 66.8 Å². The minimum atomic E-state index is 0.586. The Labute approximate surface area is 259 Å². The first-order chi connectivity index (χ1) is 22.3. The topological polar surface area (TPSA) is 42.4 Å². The first kappa shape index (κ1) is 25.4. The molecule has 0 N–H and O–H groups in total. The van der Waals surface area contributed by atoms with Crippen LogP contribution in [0.1, 0.15) is 0 Å². The van der Waals surface area contributed by atoms with Crippen molar-refractivity contribution >= 4 is 60.9 Å². The van der Waals surface area contributed by atoms with E-state index in [0.29, 0.717) is 5.89 Å². The van der Waals surface area contributed by atoms with Crippen LogP contribution < -0.4 is 4.90 Å². The van der Waals surface area contributed by atoms with Gasteiger partial charge in [-0.15, -0.1) is 0 Å². The second kappa shape index (κ2) is 10.2. The molecular formula is C41H26N2O2. The van der Waals surface area contributed by atoms with Gasteiger partial charge in [-0.3, -0.25) is 0 Å². The number of oxazole rings is 1. The highest BCUT2D eigenvalue weighted by Crippen LogP contribution is 2.44. The van der Waals surface area contributed by atoms with Gasteiger partial charge in [-0.05, 0) is 70.9 Å². The highest BCUT2D eigenvalue weighted by atomic mass is 16.3. The molecule has 2 heterocycles. The Morgan fingerprint density at radius 1 is 0.467 bits per heavy atom. The summed E-state index contributed by atoms with van der Waals surface area (Å²) in [5, 5.41) is 4.40. The summed E-state index contributed by atoms with van der Waals surface area (Å²) in [5.74, 6) is 0.586. The largest absolute Gasteiger partial charge is 0.456 e. The maximum atomic E-state index is 6.54. The van der Waals surface area contributed by atoms with Gasteiger partial charge in [-0.25, -0.2) is 4.98 Å². The first-order valence-electron chi connectivity index (χ1n) is 15.0. The van der Waals surface area contributed by atoms with Crippen LogP contribution in [-0.2, 0) is 0 Å². The van der Waals surface area contributed by atoms with Crippen LogP contribution >= 0.6 is 0 Å². The summed E-state index contributed by atoms with van der Waals surface area (Å²) in [5.41, 5.74) is 9.57. The van der Waals surface area contributed by atoms with Gasteiger partial charge in [-0.2, -0.15) is 0 Å². The summed E-state index contributed by atoms with van der Waals surface area (Å²) in [6.45, 7) is 0. The Morgan fingerprint density at radius 2 is 1.18 bits per heavy atom. The van der Waals surface area contributed by atoms with Crippen LogP contribution in [0.25, 0.3) is 66.4 Å². The summed E-state index contributed by atoms with van der Waals surface area (Å²) >= 11 is 0. The van der Waals surface area contributed by atoms with Crippen molar-refractivity contribution in [2.45, 2.75) is 0 Å². The van der Waals surface area contributed by atoms with Crippen molar-refractivity contribution in [3.05, 3.63) is 158 Å². The smallest absolute Gasteiger partial charge is 0.228 e. The zero-order valence-electron chi connectivity index (χ0n) is 24.2. The predicted molar refractivity (Wildman–Crippen MR) is 184 cm³/mol. The Bertz CT molecular complexity index is 2480. The van der Waals surface area contributed by atoms with E-state index in [-0.39, 0.29) is 0 Å². The molecule has 9 aromatic rings. The van der Waals surface area contributed by atoms with Gasteiger partial charge in [-0.1, -0.05) is 97.1 Å². The Balaban J connectivity index is 1.26. The van der Waals surface area contributed by atoms with Crippen LogP contribution in [0.3, 0.4) is 0 Å². The number of anilines is 3.